The molecule has 5 rings (SSSR count). The van der Waals surface area contributed by atoms with Crippen molar-refractivity contribution in [1.29, 1.82) is 0 Å². The van der Waals surface area contributed by atoms with Crippen molar-refractivity contribution in [2.45, 2.75) is 51.4 Å². The number of nitrogens with one attached hydrogen (secondary N) is 2. The zero-order valence-electron chi connectivity index (χ0n) is 21.0. The molecule has 0 bridgehead atoms. The van der Waals surface area contributed by atoms with Crippen LogP contribution in [-0.2, 0) is 6.18 Å². The van der Waals surface area contributed by atoms with Crippen LogP contribution in [0.15, 0.2) is 48.5 Å². The highest BCUT2D eigenvalue weighted by Gasteiger charge is 2.31. The van der Waals surface area contributed by atoms with Crippen LogP contribution in [0, 0.1) is 0 Å². The standard InChI is InChI=1S/C28H30F3N5O/c1-27(2,3)36-11-9-18(10-12-36)33-19-7-8-20-23(14-19)35-25-21(26(32)37)15-22(34-24(20)25)16-5-4-6-17(13-16)28(29,30)31/h4-8,13-15,18,33,35H,9-12H2,1-3H3,(H2,32,37). The quantitative estimate of drug-likeness (QED) is 0.307. The van der Waals surface area contributed by atoms with E-state index in [-0.39, 0.29) is 22.4 Å². The molecular formula is C28H30F3N5O. The Balaban J connectivity index is 1.49. The highest BCUT2D eigenvalue weighted by molar-refractivity contribution is 6.14. The van der Waals surface area contributed by atoms with Crippen LogP contribution in [0.1, 0.15) is 49.5 Å². The number of rotatable bonds is 4. The van der Waals surface area contributed by atoms with Gasteiger partial charge in [0.25, 0.3) is 5.91 Å². The van der Waals surface area contributed by atoms with Gasteiger partial charge in [-0.25, -0.2) is 4.98 Å². The van der Waals surface area contributed by atoms with E-state index in [9.17, 15) is 18.0 Å². The number of amides is 1. The number of piperidine rings is 1. The van der Waals surface area contributed by atoms with Gasteiger partial charge in [-0.15, -0.1) is 0 Å². The van der Waals surface area contributed by atoms with Gasteiger partial charge in [0.2, 0.25) is 0 Å². The molecule has 1 amide bonds. The monoisotopic (exact) mass is 509 g/mol. The van der Waals surface area contributed by atoms with Gasteiger partial charge in [0.15, 0.2) is 0 Å². The number of carbonyl (C=O) groups excluding carboxylic acids is 1. The highest BCUT2D eigenvalue weighted by atomic mass is 19.4. The Kier molecular flexibility index (Phi) is 6.14. The SMILES string of the molecule is CC(C)(C)N1CCC(Nc2ccc3c(c2)[nH]c2c(C(N)=O)cc(-c4cccc(C(F)(F)F)c4)nc23)CC1. The zero-order chi connectivity index (χ0) is 26.5. The lowest BCUT2D eigenvalue weighted by Gasteiger charge is -2.41. The van der Waals surface area contributed by atoms with Crippen molar-refractivity contribution < 1.29 is 18.0 Å². The number of aromatic amines is 1. The van der Waals surface area contributed by atoms with Crippen LogP contribution >= 0.6 is 0 Å². The molecule has 37 heavy (non-hydrogen) atoms. The van der Waals surface area contributed by atoms with Crippen molar-refractivity contribution in [2.24, 2.45) is 5.73 Å². The first kappa shape index (κ1) is 25.1. The van der Waals surface area contributed by atoms with E-state index in [2.05, 4.69) is 41.0 Å². The number of pyridine rings is 1. The second-order valence-corrected chi connectivity index (χ2v) is 10.7. The Morgan fingerprint density at radius 3 is 2.46 bits per heavy atom. The number of nitrogens with two attached hydrogens (primary N) is 1. The molecule has 194 valence electrons. The number of nitrogens with zero attached hydrogens (tertiary/aromatic N) is 2. The van der Waals surface area contributed by atoms with E-state index in [0.29, 0.717) is 17.1 Å². The van der Waals surface area contributed by atoms with Gasteiger partial charge in [-0.05, 0) is 70.0 Å². The Hall–Kier alpha value is -3.59. The Morgan fingerprint density at radius 2 is 1.81 bits per heavy atom. The number of alkyl halides is 3. The second-order valence-electron chi connectivity index (χ2n) is 10.7. The van der Waals surface area contributed by atoms with E-state index in [0.717, 1.165) is 54.7 Å². The first-order chi connectivity index (χ1) is 17.4. The number of carbonyl (C=O) groups is 1. The summed E-state index contributed by atoms with van der Waals surface area (Å²) in [5.74, 6) is -0.684. The van der Waals surface area contributed by atoms with E-state index in [4.69, 9.17) is 5.73 Å². The molecule has 0 unspecified atom stereocenters. The van der Waals surface area contributed by atoms with Gasteiger partial charge in [0.05, 0.1) is 33.4 Å². The van der Waals surface area contributed by atoms with E-state index in [1.807, 2.05) is 18.2 Å². The first-order valence-electron chi connectivity index (χ1n) is 12.4. The van der Waals surface area contributed by atoms with E-state index < -0.39 is 17.6 Å². The van der Waals surface area contributed by atoms with Gasteiger partial charge in [-0.1, -0.05) is 12.1 Å². The van der Waals surface area contributed by atoms with Gasteiger partial charge in [0, 0.05) is 41.3 Å². The van der Waals surface area contributed by atoms with Crippen molar-refractivity contribution in [3.8, 4) is 11.3 Å². The van der Waals surface area contributed by atoms with E-state index in [1.54, 1.807) is 0 Å². The molecule has 3 heterocycles. The van der Waals surface area contributed by atoms with Crippen LogP contribution < -0.4 is 11.1 Å². The number of hydrogen-bond acceptors (Lipinski definition) is 4. The summed E-state index contributed by atoms with van der Waals surface area (Å²) in [6, 6.07) is 12.5. The predicted octanol–water partition coefficient (Wildman–Crippen LogP) is 6.18. The fourth-order valence-electron chi connectivity index (χ4n) is 5.07. The lowest BCUT2D eigenvalue weighted by Crippen LogP contribution is -2.48. The van der Waals surface area contributed by atoms with Crippen LogP contribution in [0.3, 0.4) is 0 Å². The number of aromatic nitrogens is 2. The third-order valence-electron chi connectivity index (χ3n) is 7.12. The molecule has 0 atom stereocenters. The minimum Gasteiger partial charge on any atom is -0.382 e. The van der Waals surface area contributed by atoms with Gasteiger partial charge in [-0.2, -0.15) is 13.2 Å². The molecule has 1 aliphatic heterocycles. The van der Waals surface area contributed by atoms with Crippen LogP contribution in [0.25, 0.3) is 33.2 Å². The average Bonchev–Trinajstić information content (AvgIpc) is 3.20. The number of benzene rings is 2. The van der Waals surface area contributed by atoms with Crippen LogP contribution in [0.4, 0.5) is 18.9 Å². The number of likely N-dealkylation sites (tertiary alicyclic amines) is 1. The van der Waals surface area contributed by atoms with Crippen molar-refractivity contribution in [3.05, 3.63) is 59.7 Å². The van der Waals surface area contributed by atoms with Crippen molar-refractivity contribution in [3.63, 3.8) is 0 Å². The number of hydrogen-bond donors (Lipinski definition) is 3. The first-order valence-corrected chi connectivity index (χ1v) is 12.4. The number of halogens is 3. The fraction of sp³-hybridized carbons (Fsp3) is 0.357. The molecule has 0 saturated carbocycles. The third kappa shape index (κ3) is 5.00. The molecule has 1 aliphatic rings. The molecule has 1 fully saturated rings. The summed E-state index contributed by atoms with van der Waals surface area (Å²) in [7, 11) is 0. The molecule has 0 spiro atoms. The highest BCUT2D eigenvalue weighted by Crippen LogP contribution is 2.35. The van der Waals surface area contributed by atoms with Gasteiger partial charge < -0.3 is 16.0 Å². The maximum atomic E-state index is 13.3. The molecule has 0 aliphatic carbocycles. The topological polar surface area (TPSA) is 87.0 Å². The second kappa shape index (κ2) is 9.06. The summed E-state index contributed by atoms with van der Waals surface area (Å²) in [5.41, 5.74) is 8.40. The largest absolute Gasteiger partial charge is 0.416 e. The summed E-state index contributed by atoms with van der Waals surface area (Å²) >= 11 is 0. The minimum atomic E-state index is -4.49. The normalized spacial score (nSPS) is 15.9. The summed E-state index contributed by atoms with van der Waals surface area (Å²) in [4.78, 5) is 22.7. The molecule has 4 aromatic rings. The van der Waals surface area contributed by atoms with Crippen molar-refractivity contribution in [1.82, 2.24) is 14.9 Å². The molecule has 4 N–H and O–H groups in total. The number of fused-ring (bicyclic) bond motifs is 3. The molecule has 0 radical (unpaired) electrons. The van der Waals surface area contributed by atoms with Crippen LogP contribution in [0.2, 0.25) is 0 Å². The number of H-pyrrole nitrogens is 1. The maximum absolute atomic E-state index is 13.3. The number of primary amides is 1. The maximum Gasteiger partial charge on any atom is 0.416 e. The van der Waals surface area contributed by atoms with Gasteiger partial charge in [0.1, 0.15) is 0 Å². The molecule has 2 aromatic heterocycles. The van der Waals surface area contributed by atoms with E-state index >= 15 is 0 Å². The lowest BCUT2D eigenvalue weighted by molar-refractivity contribution is -0.137. The zero-order valence-corrected chi connectivity index (χ0v) is 21.0. The van der Waals surface area contributed by atoms with Crippen LogP contribution in [0.5, 0.6) is 0 Å². The minimum absolute atomic E-state index is 0.159. The summed E-state index contributed by atoms with van der Waals surface area (Å²) in [6.45, 7) is 8.76. The van der Waals surface area contributed by atoms with Crippen LogP contribution in [-0.4, -0.2) is 45.4 Å². The third-order valence-corrected chi connectivity index (χ3v) is 7.12. The average molecular weight is 510 g/mol. The Morgan fingerprint density at radius 1 is 1.08 bits per heavy atom. The van der Waals surface area contributed by atoms with E-state index in [1.165, 1.54) is 18.2 Å². The summed E-state index contributed by atoms with van der Waals surface area (Å²) in [5, 5.41) is 4.38. The fourth-order valence-corrected chi connectivity index (χ4v) is 5.07. The lowest BCUT2D eigenvalue weighted by atomic mass is 9.98. The van der Waals surface area contributed by atoms with Gasteiger partial charge >= 0.3 is 6.18 Å². The Labute approximate surface area is 213 Å². The molecular weight excluding hydrogens is 479 g/mol. The predicted molar refractivity (Wildman–Crippen MR) is 141 cm³/mol. The van der Waals surface area contributed by atoms with Gasteiger partial charge in [-0.3, -0.25) is 9.69 Å². The molecule has 2 aromatic carbocycles. The van der Waals surface area contributed by atoms with Crippen molar-refractivity contribution in [2.75, 3.05) is 18.4 Å². The summed E-state index contributed by atoms with van der Waals surface area (Å²) < 4.78 is 39.8. The smallest absolute Gasteiger partial charge is 0.382 e. The molecule has 1 saturated heterocycles. The Bertz CT molecular complexity index is 1480. The molecule has 9 heteroatoms. The summed E-state index contributed by atoms with van der Waals surface area (Å²) in [6.07, 6.45) is -2.41. The number of anilines is 1. The van der Waals surface area contributed by atoms with Crippen molar-refractivity contribution >= 4 is 33.5 Å². The molecule has 6 nitrogen and oxygen atoms in total.